The molecule has 0 aromatic heterocycles. The Morgan fingerprint density at radius 1 is 1.04 bits per heavy atom. The van der Waals surface area contributed by atoms with E-state index in [0.717, 1.165) is 5.56 Å². The molecule has 0 heterocycles. The highest BCUT2D eigenvalue weighted by Crippen LogP contribution is 2.25. The molecule has 24 heavy (non-hydrogen) atoms. The largest absolute Gasteiger partial charge is 0.508 e. The van der Waals surface area contributed by atoms with Crippen LogP contribution in [0.4, 0.5) is 0 Å². The first kappa shape index (κ1) is 18.0. The summed E-state index contributed by atoms with van der Waals surface area (Å²) in [6, 6.07) is 7.37. The number of nitrogens with one attached hydrogen (secondary N) is 1. The zero-order valence-corrected chi connectivity index (χ0v) is 14.4. The molecule has 0 unspecified atom stereocenters. The highest BCUT2D eigenvalue weighted by Gasteiger charge is 2.29. The highest BCUT2D eigenvalue weighted by molar-refractivity contribution is 7.89. The minimum atomic E-state index is -4.03. The second-order valence-corrected chi connectivity index (χ2v) is 7.36. The van der Waals surface area contributed by atoms with Crippen molar-refractivity contribution in [3.63, 3.8) is 0 Å². The Kier molecular flexibility index (Phi) is 4.96. The van der Waals surface area contributed by atoms with Crippen LogP contribution >= 0.6 is 0 Å². The van der Waals surface area contributed by atoms with Crippen LogP contribution in [-0.4, -0.2) is 24.6 Å². The molecule has 2 aromatic carbocycles. The molecule has 0 aliphatic heterocycles. The molecule has 7 heteroatoms. The fourth-order valence-electron chi connectivity index (χ4n) is 2.73. The van der Waals surface area contributed by atoms with Crippen LogP contribution in [0, 0.1) is 20.8 Å². The summed E-state index contributed by atoms with van der Waals surface area (Å²) in [5.74, 6) is -1.36. The number of phenols is 1. The van der Waals surface area contributed by atoms with E-state index < -0.39 is 22.0 Å². The number of hydrogen-bond acceptors (Lipinski definition) is 4. The summed E-state index contributed by atoms with van der Waals surface area (Å²) in [5.41, 5.74) is 2.26. The molecule has 2 rings (SSSR count). The topological polar surface area (TPSA) is 104 Å². The normalized spacial score (nSPS) is 12.8. The number of phenolic OH excluding ortho intramolecular Hbond substituents is 1. The summed E-state index contributed by atoms with van der Waals surface area (Å²) in [7, 11) is -4.03. The second kappa shape index (κ2) is 6.62. The predicted molar refractivity (Wildman–Crippen MR) is 89.5 cm³/mol. The van der Waals surface area contributed by atoms with Gasteiger partial charge in [-0.25, -0.2) is 8.42 Å². The average Bonchev–Trinajstić information content (AvgIpc) is 2.44. The summed E-state index contributed by atoms with van der Waals surface area (Å²) in [5, 5.41) is 18.7. The van der Waals surface area contributed by atoms with Gasteiger partial charge in [-0.1, -0.05) is 29.8 Å². The first-order valence-electron chi connectivity index (χ1n) is 7.24. The third-order valence-corrected chi connectivity index (χ3v) is 5.35. The Morgan fingerprint density at radius 3 is 2.00 bits per heavy atom. The molecule has 1 atom stereocenters. The lowest BCUT2D eigenvalue weighted by atomic mass is 10.1. The van der Waals surface area contributed by atoms with Crippen molar-refractivity contribution in [3.8, 4) is 5.75 Å². The third-order valence-electron chi connectivity index (χ3n) is 3.62. The van der Waals surface area contributed by atoms with E-state index in [0.29, 0.717) is 11.1 Å². The van der Waals surface area contributed by atoms with E-state index in [4.69, 9.17) is 0 Å². The van der Waals surface area contributed by atoms with Gasteiger partial charge in [-0.05, 0) is 49.6 Å². The monoisotopic (exact) mass is 349 g/mol. The highest BCUT2D eigenvalue weighted by atomic mass is 32.2. The molecule has 128 valence electrons. The van der Waals surface area contributed by atoms with Crippen molar-refractivity contribution in [2.24, 2.45) is 0 Å². The maximum Gasteiger partial charge on any atom is 0.326 e. The molecule has 2 aromatic rings. The Morgan fingerprint density at radius 2 is 1.54 bits per heavy atom. The SMILES string of the molecule is Cc1cc(C)c(S(=O)(=O)N[C@H](C(=O)O)c2ccc(O)cc2)c(C)c1. The molecule has 0 amide bonds. The standard InChI is InChI=1S/C17H19NO5S/c1-10-8-11(2)16(12(3)9-10)24(22,23)18-15(17(20)21)13-4-6-14(19)7-5-13/h4-9,15,18-19H,1-3H3,(H,20,21)/t15-/m0/s1. The minimum Gasteiger partial charge on any atom is -0.508 e. The Balaban J connectivity index is 2.46. The zero-order valence-electron chi connectivity index (χ0n) is 13.6. The summed E-state index contributed by atoms with van der Waals surface area (Å²) in [6.07, 6.45) is 0. The fourth-order valence-corrected chi connectivity index (χ4v) is 4.36. The van der Waals surface area contributed by atoms with Crippen LogP contribution in [-0.2, 0) is 14.8 Å². The lowest BCUT2D eigenvalue weighted by molar-refractivity contribution is -0.139. The smallest absolute Gasteiger partial charge is 0.326 e. The molecule has 0 saturated heterocycles. The number of rotatable bonds is 5. The number of carboxylic acids is 1. The van der Waals surface area contributed by atoms with Gasteiger partial charge in [0.05, 0.1) is 4.90 Å². The Labute approximate surface area is 140 Å². The minimum absolute atomic E-state index is 0.0315. The predicted octanol–water partition coefficient (Wildman–Crippen LogP) is 2.42. The number of aliphatic carboxylic acids is 1. The van der Waals surface area contributed by atoms with Gasteiger partial charge >= 0.3 is 5.97 Å². The first-order valence-corrected chi connectivity index (χ1v) is 8.72. The molecule has 0 saturated carbocycles. The van der Waals surface area contributed by atoms with Gasteiger partial charge in [0.2, 0.25) is 10.0 Å². The summed E-state index contributed by atoms with van der Waals surface area (Å²) < 4.78 is 27.7. The maximum atomic E-state index is 12.7. The molecule has 0 radical (unpaired) electrons. The number of carbonyl (C=O) groups is 1. The van der Waals surface area contributed by atoms with E-state index in [1.54, 1.807) is 26.0 Å². The number of hydrogen-bond donors (Lipinski definition) is 3. The summed E-state index contributed by atoms with van der Waals surface area (Å²) >= 11 is 0. The lowest BCUT2D eigenvalue weighted by Crippen LogP contribution is -2.34. The van der Waals surface area contributed by atoms with Crippen molar-refractivity contribution < 1.29 is 23.4 Å². The van der Waals surface area contributed by atoms with E-state index in [2.05, 4.69) is 4.72 Å². The van der Waals surface area contributed by atoms with E-state index in [-0.39, 0.29) is 16.2 Å². The molecular formula is C17H19NO5S. The summed E-state index contributed by atoms with van der Waals surface area (Å²) in [4.78, 5) is 11.6. The third kappa shape index (κ3) is 3.74. The fraction of sp³-hybridized carbons (Fsp3) is 0.235. The van der Waals surface area contributed by atoms with Crippen LogP contribution in [0.5, 0.6) is 5.75 Å². The Bertz CT molecular complexity index is 849. The van der Waals surface area contributed by atoms with E-state index in [1.165, 1.54) is 24.3 Å². The number of carboxylic acid groups (broad SMARTS) is 1. The first-order chi connectivity index (χ1) is 11.1. The zero-order chi connectivity index (χ0) is 18.1. The van der Waals surface area contributed by atoms with E-state index in [9.17, 15) is 23.4 Å². The molecule has 0 aliphatic carbocycles. The van der Waals surface area contributed by atoms with Crippen LogP contribution < -0.4 is 4.72 Å². The second-order valence-electron chi connectivity index (χ2n) is 5.71. The average molecular weight is 349 g/mol. The quantitative estimate of drug-likeness (QED) is 0.769. The van der Waals surface area contributed by atoms with Gasteiger partial charge in [-0.2, -0.15) is 4.72 Å². The number of benzene rings is 2. The van der Waals surface area contributed by atoms with Gasteiger partial charge in [0.25, 0.3) is 0 Å². The van der Waals surface area contributed by atoms with Crippen molar-refractivity contribution in [3.05, 3.63) is 58.7 Å². The van der Waals surface area contributed by atoms with Crippen molar-refractivity contribution in [2.45, 2.75) is 31.7 Å². The van der Waals surface area contributed by atoms with Gasteiger partial charge < -0.3 is 10.2 Å². The molecule has 3 N–H and O–H groups in total. The number of aromatic hydroxyl groups is 1. The van der Waals surface area contributed by atoms with Crippen molar-refractivity contribution in [1.82, 2.24) is 4.72 Å². The van der Waals surface area contributed by atoms with Crippen LogP contribution in [0.15, 0.2) is 41.3 Å². The molecule has 0 fully saturated rings. The Hall–Kier alpha value is -2.38. The van der Waals surface area contributed by atoms with Gasteiger partial charge in [-0.3, -0.25) is 4.79 Å². The number of aryl methyl sites for hydroxylation is 3. The van der Waals surface area contributed by atoms with Gasteiger partial charge in [-0.15, -0.1) is 0 Å². The van der Waals surface area contributed by atoms with Gasteiger partial charge in [0, 0.05) is 0 Å². The molecular weight excluding hydrogens is 330 g/mol. The van der Waals surface area contributed by atoms with Crippen molar-refractivity contribution >= 4 is 16.0 Å². The van der Waals surface area contributed by atoms with Gasteiger partial charge in [0.1, 0.15) is 11.8 Å². The van der Waals surface area contributed by atoms with Crippen LogP contribution in [0.25, 0.3) is 0 Å². The van der Waals surface area contributed by atoms with Crippen LogP contribution in [0.3, 0.4) is 0 Å². The lowest BCUT2D eigenvalue weighted by Gasteiger charge is -2.18. The molecule has 0 spiro atoms. The van der Waals surface area contributed by atoms with Gasteiger partial charge in [0.15, 0.2) is 0 Å². The van der Waals surface area contributed by atoms with Crippen LogP contribution in [0.2, 0.25) is 0 Å². The van der Waals surface area contributed by atoms with E-state index >= 15 is 0 Å². The van der Waals surface area contributed by atoms with Crippen molar-refractivity contribution in [2.75, 3.05) is 0 Å². The number of sulfonamides is 1. The molecule has 6 nitrogen and oxygen atoms in total. The van der Waals surface area contributed by atoms with Crippen molar-refractivity contribution in [1.29, 1.82) is 0 Å². The summed E-state index contributed by atoms with van der Waals surface area (Å²) in [6.45, 7) is 5.20. The van der Waals surface area contributed by atoms with Crippen LogP contribution in [0.1, 0.15) is 28.3 Å². The van der Waals surface area contributed by atoms with E-state index in [1.807, 2.05) is 6.92 Å². The molecule has 0 bridgehead atoms. The maximum absolute atomic E-state index is 12.7. The molecule has 0 aliphatic rings.